The summed E-state index contributed by atoms with van der Waals surface area (Å²) in [5.74, 6) is -0.249. The van der Waals surface area contributed by atoms with Gasteiger partial charge in [0.05, 0.1) is 32.0 Å². The molecule has 0 aliphatic carbocycles. The molecular weight excluding hydrogens is 1050 g/mol. The van der Waals surface area contributed by atoms with Crippen molar-refractivity contribution in [2.75, 3.05) is 19.8 Å². The minimum Gasteiger partial charge on any atom is -0.394 e. The minimum atomic E-state index is -1.79. The van der Waals surface area contributed by atoms with Crippen LogP contribution in [0.2, 0.25) is 0 Å². The summed E-state index contributed by atoms with van der Waals surface area (Å²) in [5.41, 5.74) is 0. The molecule has 2 heterocycles. The predicted molar refractivity (Wildman–Crippen MR) is 336 cm³/mol. The molecule has 1 amide bonds. The van der Waals surface area contributed by atoms with Gasteiger partial charge in [0.2, 0.25) is 5.91 Å². The fourth-order valence-corrected chi connectivity index (χ4v) is 10.5. The van der Waals surface area contributed by atoms with Crippen molar-refractivity contribution in [3.8, 4) is 0 Å². The van der Waals surface area contributed by atoms with E-state index in [9.17, 15) is 45.6 Å². The lowest BCUT2D eigenvalue weighted by molar-refractivity contribution is -0.359. The highest BCUT2D eigenvalue weighted by atomic mass is 16.7. The van der Waals surface area contributed by atoms with Gasteiger partial charge in [0.25, 0.3) is 0 Å². The summed E-state index contributed by atoms with van der Waals surface area (Å²) in [6.45, 7) is 2.66. The second-order valence-corrected chi connectivity index (χ2v) is 23.2. The predicted octanol–water partition coefficient (Wildman–Crippen LogP) is 12.8. The third-order valence-corrected chi connectivity index (χ3v) is 15.8. The molecule has 2 aliphatic rings. The molecule has 480 valence electrons. The first-order valence-electron chi connectivity index (χ1n) is 33.3. The maximum Gasteiger partial charge on any atom is 0.220 e. The van der Waals surface area contributed by atoms with Gasteiger partial charge in [0.15, 0.2) is 12.6 Å². The Morgan fingerprint density at radius 2 is 0.843 bits per heavy atom. The number of rotatable bonds is 53. The summed E-state index contributed by atoms with van der Waals surface area (Å²) >= 11 is 0. The van der Waals surface area contributed by atoms with Crippen molar-refractivity contribution >= 4 is 5.91 Å². The standard InChI is InChI=1S/C69H121NO13/c1-3-5-7-9-11-13-15-17-19-20-21-22-23-24-25-26-27-28-29-30-31-32-33-34-35-36-37-38-39-41-43-45-47-49-51-53-61(74)70-57(58(73)52-50-48-46-44-42-40-18-16-14-12-10-8-6-4-2)56-80-68-66(79)64(77)67(60(55-72)82-68)83-69-65(78)63(76)62(75)59(54-71)81-69/h5,7,11,13,17,19,21-22,24-25,42,44,50,52,57-60,62-69,71-73,75-79H,3-4,6,8-10,12,14-16,18,20,23,26-41,43,45-49,51,53-56H2,1-2H3,(H,70,74)/b7-5-,13-11-,19-17-,22-21-,25-24-,44-42+,52-50+. The van der Waals surface area contributed by atoms with Gasteiger partial charge in [-0.15, -0.1) is 0 Å². The molecule has 0 spiro atoms. The molecule has 2 fully saturated rings. The number of nitrogens with one attached hydrogen (secondary N) is 1. The lowest BCUT2D eigenvalue weighted by atomic mass is 9.97. The summed E-state index contributed by atoms with van der Waals surface area (Å²) in [7, 11) is 0. The molecule has 0 saturated carbocycles. The van der Waals surface area contributed by atoms with E-state index in [4.69, 9.17) is 18.9 Å². The molecule has 12 unspecified atom stereocenters. The van der Waals surface area contributed by atoms with E-state index in [1.165, 1.54) is 154 Å². The Labute approximate surface area is 503 Å². The zero-order valence-corrected chi connectivity index (χ0v) is 51.9. The van der Waals surface area contributed by atoms with E-state index in [-0.39, 0.29) is 18.9 Å². The average molecular weight is 1170 g/mol. The third-order valence-electron chi connectivity index (χ3n) is 15.8. The quantitative estimate of drug-likeness (QED) is 0.0204. The third kappa shape index (κ3) is 38.1. The number of hydrogen-bond donors (Lipinski definition) is 9. The number of carbonyl (C=O) groups is 1. The van der Waals surface area contributed by atoms with E-state index in [0.29, 0.717) is 12.8 Å². The van der Waals surface area contributed by atoms with E-state index >= 15 is 0 Å². The Balaban J connectivity index is 1.62. The maximum absolute atomic E-state index is 13.3. The lowest BCUT2D eigenvalue weighted by Crippen LogP contribution is -2.65. The maximum atomic E-state index is 13.3. The van der Waals surface area contributed by atoms with Gasteiger partial charge in [-0.25, -0.2) is 0 Å². The monoisotopic (exact) mass is 1170 g/mol. The molecule has 0 radical (unpaired) electrons. The summed E-state index contributed by atoms with van der Waals surface area (Å²) in [6, 6.07) is -0.933. The Bertz CT molecular complexity index is 1710. The number of aliphatic hydroxyl groups is 8. The minimum absolute atomic E-state index is 0.249. The van der Waals surface area contributed by atoms with Crippen molar-refractivity contribution in [3.05, 3.63) is 85.1 Å². The first-order valence-corrected chi connectivity index (χ1v) is 33.3. The van der Waals surface area contributed by atoms with E-state index in [1.54, 1.807) is 6.08 Å². The summed E-state index contributed by atoms with van der Waals surface area (Å²) in [4.78, 5) is 13.3. The molecule has 0 aromatic rings. The first-order chi connectivity index (χ1) is 40.6. The van der Waals surface area contributed by atoms with Crippen molar-refractivity contribution < 1.29 is 64.6 Å². The van der Waals surface area contributed by atoms with Gasteiger partial charge >= 0.3 is 0 Å². The Kier molecular flexibility index (Phi) is 49.1. The average Bonchev–Trinajstić information content (AvgIpc) is 3.64. The van der Waals surface area contributed by atoms with Crippen molar-refractivity contribution in [1.82, 2.24) is 5.32 Å². The zero-order chi connectivity index (χ0) is 60.2. The van der Waals surface area contributed by atoms with Gasteiger partial charge in [-0.1, -0.05) is 253 Å². The summed E-state index contributed by atoms with van der Waals surface area (Å²) < 4.78 is 22.8. The highest BCUT2D eigenvalue weighted by molar-refractivity contribution is 5.76. The number of ether oxygens (including phenoxy) is 4. The molecule has 0 aromatic heterocycles. The van der Waals surface area contributed by atoms with Gasteiger partial charge in [-0.3, -0.25) is 4.79 Å². The number of aliphatic hydroxyl groups excluding tert-OH is 8. The SMILES string of the molecule is CC/C=C\C/C=C\C/C=C\C/C=C\C/C=C\CCCCCCCCCCCCCCCCCCCCCC(=O)NC(COC1OC(CO)C(OC2OC(CO)C(O)C(O)C2O)C(O)C1O)C(O)/C=C/CC/C=C/CCCCCCCCCC. The van der Waals surface area contributed by atoms with Crippen molar-refractivity contribution in [1.29, 1.82) is 0 Å². The number of amides is 1. The van der Waals surface area contributed by atoms with Crippen LogP contribution in [0.5, 0.6) is 0 Å². The molecule has 0 bridgehead atoms. The highest BCUT2D eigenvalue weighted by Crippen LogP contribution is 2.30. The fraction of sp³-hybridized carbons (Fsp3) is 0.783. The molecule has 2 rings (SSSR count). The van der Waals surface area contributed by atoms with Crippen LogP contribution in [0.15, 0.2) is 85.1 Å². The van der Waals surface area contributed by atoms with Gasteiger partial charge in [0.1, 0.15) is 48.8 Å². The van der Waals surface area contributed by atoms with Gasteiger partial charge in [0, 0.05) is 6.42 Å². The van der Waals surface area contributed by atoms with E-state index in [2.05, 4.69) is 92.1 Å². The van der Waals surface area contributed by atoms with Crippen molar-refractivity contribution in [2.24, 2.45) is 0 Å². The second-order valence-electron chi connectivity index (χ2n) is 23.2. The van der Waals surface area contributed by atoms with Crippen molar-refractivity contribution in [3.63, 3.8) is 0 Å². The van der Waals surface area contributed by atoms with E-state index < -0.39 is 86.8 Å². The molecule has 9 N–H and O–H groups in total. The Morgan fingerprint density at radius 1 is 0.446 bits per heavy atom. The van der Waals surface area contributed by atoms with Gasteiger partial charge in [-0.05, 0) is 77.0 Å². The molecule has 2 saturated heterocycles. The molecule has 14 heteroatoms. The number of allylic oxidation sites excluding steroid dienone is 13. The van der Waals surface area contributed by atoms with Gasteiger partial charge in [-0.2, -0.15) is 0 Å². The second kappa shape index (κ2) is 53.4. The smallest absolute Gasteiger partial charge is 0.220 e. The fourth-order valence-electron chi connectivity index (χ4n) is 10.5. The molecule has 2 aliphatic heterocycles. The van der Waals surface area contributed by atoms with Crippen LogP contribution in [0.1, 0.15) is 251 Å². The number of carbonyl (C=O) groups excluding carboxylic acids is 1. The lowest BCUT2D eigenvalue weighted by Gasteiger charge is -2.46. The molecule has 14 nitrogen and oxygen atoms in total. The van der Waals surface area contributed by atoms with Gasteiger partial charge < -0.3 is 65.1 Å². The Morgan fingerprint density at radius 3 is 1.33 bits per heavy atom. The molecule has 83 heavy (non-hydrogen) atoms. The summed E-state index contributed by atoms with van der Waals surface area (Å²) in [6.07, 6.45) is 56.5. The zero-order valence-electron chi connectivity index (χ0n) is 51.9. The van der Waals surface area contributed by atoms with Crippen LogP contribution < -0.4 is 5.32 Å². The Hall–Kier alpha value is -2.83. The van der Waals surface area contributed by atoms with Crippen LogP contribution in [0.4, 0.5) is 0 Å². The van der Waals surface area contributed by atoms with E-state index in [1.807, 2.05) is 6.08 Å². The van der Waals surface area contributed by atoms with Crippen molar-refractivity contribution in [2.45, 2.75) is 325 Å². The number of unbranched alkanes of at least 4 members (excludes halogenated alkanes) is 28. The normalized spacial score (nSPS) is 24.4. The molecule has 0 aromatic carbocycles. The largest absolute Gasteiger partial charge is 0.394 e. The summed E-state index contributed by atoms with van der Waals surface area (Å²) in [5, 5.41) is 87.1. The van der Waals surface area contributed by atoms with Crippen LogP contribution in [-0.2, 0) is 23.7 Å². The van der Waals surface area contributed by atoms with Crippen LogP contribution in [0, 0.1) is 0 Å². The molecular formula is C69H121NO13. The molecule has 12 atom stereocenters. The van der Waals surface area contributed by atoms with Crippen LogP contribution in [0.25, 0.3) is 0 Å². The van der Waals surface area contributed by atoms with Crippen LogP contribution >= 0.6 is 0 Å². The van der Waals surface area contributed by atoms with Crippen LogP contribution in [-0.4, -0.2) is 140 Å². The number of hydrogen-bond acceptors (Lipinski definition) is 13. The first kappa shape index (κ1) is 76.3. The van der Waals surface area contributed by atoms with E-state index in [0.717, 1.165) is 64.2 Å². The topological polar surface area (TPSA) is 228 Å². The van der Waals surface area contributed by atoms with Crippen LogP contribution in [0.3, 0.4) is 0 Å². The highest BCUT2D eigenvalue weighted by Gasteiger charge is 2.51.